The van der Waals surface area contributed by atoms with E-state index in [1.807, 2.05) is 13.0 Å². The molecule has 2 nitrogen and oxygen atoms in total. The van der Waals surface area contributed by atoms with Crippen LogP contribution in [0, 0.1) is 12.3 Å². The van der Waals surface area contributed by atoms with Crippen LogP contribution in [0.2, 0.25) is 0 Å². The van der Waals surface area contributed by atoms with Crippen molar-refractivity contribution in [1.29, 1.82) is 0 Å². The lowest BCUT2D eigenvalue weighted by Crippen LogP contribution is -2.11. The summed E-state index contributed by atoms with van der Waals surface area (Å²) in [4.78, 5) is 4.08. The van der Waals surface area contributed by atoms with Crippen molar-refractivity contribution < 1.29 is 5.11 Å². The summed E-state index contributed by atoms with van der Waals surface area (Å²) in [6.07, 6.45) is 3.90. The van der Waals surface area contributed by atoms with Crippen LogP contribution in [-0.2, 0) is 0 Å². The summed E-state index contributed by atoms with van der Waals surface area (Å²) in [6.45, 7) is 8.36. The van der Waals surface area contributed by atoms with E-state index in [0.717, 1.165) is 17.5 Å². The number of aliphatic hydroxyl groups is 1. The van der Waals surface area contributed by atoms with Gasteiger partial charge < -0.3 is 5.11 Å². The van der Waals surface area contributed by atoms with Crippen LogP contribution < -0.4 is 0 Å². The van der Waals surface area contributed by atoms with Gasteiger partial charge in [0.05, 0.1) is 6.10 Å². The normalized spacial score (nSPS) is 14.1. The van der Waals surface area contributed by atoms with E-state index in [-0.39, 0.29) is 5.41 Å². The zero-order chi connectivity index (χ0) is 10.8. The van der Waals surface area contributed by atoms with Gasteiger partial charge in [0, 0.05) is 12.4 Å². The van der Waals surface area contributed by atoms with Crippen LogP contribution in [0.25, 0.3) is 0 Å². The SMILES string of the molecule is Cc1cncc(C(O)CC(C)(C)C)c1. The highest BCUT2D eigenvalue weighted by Gasteiger charge is 2.18. The smallest absolute Gasteiger partial charge is 0.0810 e. The lowest BCUT2D eigenvalue weighted by atomic mass is 9.87. The summed E-state index contributed by atoms with van der Waals surface area (Å²) in [6, 6.07) is 1.99. The molecule has 0 amide bonds. The average molecular weight is 193 g/mol. The van der Waals surface area contributed by atoms with Crippen molar-refractivity contribution in [2.45, 2.75) is 40.2 Å². The Balaban J connectivity index is 2.74. The fourth-order valence-electron chi connectivity index (χ4n) is 1.46. The third kappa shape index (κ3) is 3.46. The topological polar surface area (TPSA) is 33.1 Å². The Morgan fingerprint density at radius 2 is 2.00 bits per heavy atom. The predicted octanol–water partition coefficient (Wildman–Crippen LogP) is 2.86. The van der Waals surface area contributed by atoms with Crippen LogP contribution in [0.15, 0.2) is 18.5 Å². The molecule has 0 saturated heterocycles. The van der Waals surface area contributed by atoms with Crippen molar-refractivity contribution in [1.82, 2.24) is 4.98 Å². The zero-order valence-electron chi connectivity index (χ0n) is 9.41. The Labute approximate surface area is 86.0 Å². The molecule has 0 aromatic carbocycles. The molecule has 0 spiro atoms. The summed E-state index contributed by atoms with van der Waals surface area (Å²) >= 11 is 0. The van der Waals surface area contributed by atoms with E-state index in [2.05, 4.69) is 25.8 Å². The summed E-state index contributed by atoms with van der Waals surface area (Å²) in [7, 11) is 0. The number of rotatable bonds is 2. The Morgan fingerprint density at radius 1 is 1.36 bits per heavy atom. The van der Waals surface area contributed by atoms with Gasteiger partial charge in [-0.2, -0.15) is 0 Å². The first-order valence-electron chi connectivity index (χ1n) is 4.98. The second kappa shape index (κ2) is 4.09. The summed E-state index contributed by atoms with van der Waals surface area (Å²) < 4.78 is 0. The first kappa shape index (κ1) is 11.2. The molecule has 1 unspecified atom stereocenters. The van der Waals surface area contributed by atoms with Crippen molar-refractivity contribution in [3.05, 3.63) is 29.6 Å². The molecule has 0 bridgehead atoms. The predicted molar refractivity (Wildman–Crippen MR) is 58.0 cm³/mol. The van der Waals surface area contributed by atoms with Crippen molar-refractivity contribution in [3.8, 4) is 0 Å². The molecular formula is C12H19NO. The lowest BCUT2D eigenvalue weighted by Gasteiger charge is -2.22. The van der Waals surface area contributed by atoms with Crippen LogP contribution in [0.5, 0.6) is 0 Å². The Morgan fingerprint density at radius 3 is 2.50 bits per heavy atom. The average Bonchev–Trinajstić information content (AvgIpc) is 2.01. The van der Waals surface area contributed by atoms with Crippen molar-refractivity contribution in [3.63, 3.8) is 0 Å². The molecule has 14 heavy (non-hydrogen) atoms. The monoisotopic (exact) mass is 193 g/mol. The minimum atomic E-state index is -0.401. The van der Waals surface area contributed by atoms with Crippen LogP contribution in [0.3, 0.4) is 0 Å². The van der Waals surface area contributed by atoms with Gasteiger partial charge in [0.2, 0.25) is 0 Å². The molecule has 0 aliphatic heterocycles. The highest BCUT2D eigenvalue weighted by molar-refractivity contribution is 5.18. The first-order valence-corrected chi connectivity index (χ1v) is 4.98. The molecular weight excluding hydrogens is 174 g/mol. The van der Waals surface area contributed by atoms with E-state index in [4.69, 9.17) is 0 Å². The largest absolute Gasteiger partial charge is 0.388 e. The van der Waals surface area contributed by atoms with Gasteiger partial charge in [-0.15, -0.1) is 0 Å². The number of hydrogen-bond donors (Lipinski definition) is 1. The van der Waals surface area contributed by atoms with E-state index >= 15 is 0 Å². The van der Waals surface area contributed by atoms with E-state index < -0.39 is 6.10 Å². The molecule has 0 aliphatic rings. The number of pyridine rings is 1. The van der Waals surface area contributed by atoms with E-state index in [9.17, 15) is 5.11 Å². The number of hydrogen-bond acceptors (Lipinski definition) is 2. The van der Waals surface area contributed by atoms with Crippen molar-refractivity contribution in [2.75, 3.05) is 0 Å². The van der Waals surface area contributed by atoms with Crippen molar-refractivity contribution in [2.24, 2.45) is 5.41 Å². The van der Waals surface area contributed by atoms with Gasteiger partial charge in [0.1, 0.15) is 0 Å². The summed E-state index contributed by atoms with van der Waals surface area (Å²) in [5.41, 5.74) is 2.15. The molecule has 1 aromatic heterocycles. The van der Waals surface area contributed by atoms with Gasteiger partial charge in [-0.3, -0.25) is 4.98 Å². The number of aromatic nitrogens is 1. The van der Waals surface area contributed by atoms with Gasteiger partial charge in [-0.1, -0.05) is 26.8 Å². The highest BCUT2D eigenvalue weighted by atomic mass is 16.3. The molecule has 0 fully saturated rings. The standard InChI is InChI=1S/C12H19NO/c1-9-5-10(8-13-7-9)11(14)6-12(2,3)4/h5,7-8,11,14H,6H2,1-4H3. The second-order valence-electron chi connectivity index (χ2n) is 5.08. The number of nitrogens with zero attached hydrogens (tertiary/aromatic N) is 1. The van der Waals surface area contributed by atoms with Gasteiger partial charge in [0.15, 0.2) is 0 Å². The molecule has 1 aromatic rings. The molecule has 0 aliphatic carbocycles. The second-order valence-corrected chi connectivity index (χ2v) is 5.08. The Kier molecular flexibility index (Phi) is 3.27. The van der Waals surface area contributed by atoms with Gasteiger partial charge >= 0.3 is 0 Å². The molecule has 1 N–H and O–H groups in total. The molecule has 1 atom stereocenters. The summed E-state index contributed by atoms with van der Waals surface area (Å²) in [5.74, 6) is 0. The van der Waals surface area contributed by atoms with E-state index in [0.29, 0.717) is 0 Å². The van der Waals surface area contributed by atoms with Crippen LogP contribution >= 0.6 is 0 Å². The maximum absolute atomic E-state index is 9.94. The maximum atomic E-state index is 9.94. The van der Waals surface area contributed by atoms with E-state index in [1.165, 1.54) is 0 Å². The van der Waals surface area contributed by atoms with E-state index in [1.54, 1.807) is 12.4 Å². The first-order chi connectivity index (χ1) is 6.38. The molecule has 1 rings (SSSR count). The number of aliphatic hydroxyl groups excluding tert-OH is 1. The molecule has 0 saturated carbocycles. The van der Waals surface area contributed by atoms with Gasteiger partial charge in [-0.05, 0) is 29.9 Å². The highest BCUT2D eigenvalue weighted by Crippen LogP contribution is 2.28. The van der Waals surface area contributed by atoms with Crippen LogP contribution in [0.4, 0.5) is 0 Å². The minimum Gasteiger partial charge on any atom is -0.388 e. The fraction of sp³-hybridized carbons (Fsp3) is 0.583. The molecule has 2 heteroatoms. The molecule has 1 heterocycles. The lowest BCUT2D eigenvalue weighted by molar-refractivity contribution is 0.122. The van der Waals surface area contributed by atoms with Gasteiger partial charge in [0.25, 0.3) is 0 Å². The zero-order valence-corrected chi connectivity index (χ0v) is 9.41. The fourth-order valence-corrected chi connectivity index (χ4v) is 1.46. The molecule has 0 radical (unpaired) electrons. The number of aryl methyl sites for hydroxylation is 1. The maximum Gasteiger partial charge on any atom is 0.0810 e. The Hall–Kier alpha value is -0.890. The Bertz CT molecular complexity index is 301. The third-order valence-electron chi connectivity index (χ3n) is 2.09. The van der Waals surface area contributed by atoms with Crippen molar-refractivity contribution >= 4 is 0 Å². The quantitative estimate of drug-likeness (QED) is 0.783. The van der Waals surface area contributed by atoms with Crippen LogP contribution in [-0.4, -0.2) is 10.1 Å². The summed E-state index contributed by atoms with van der Waals surface area (Å²) in [5, 5.41) is 9.94. The third-order valence-corrected chi connectivity index (χ3v) is 2.09. The minimum absolute atomic E-state index is 0.142. The van der Waals surface area contributed by atoms with Gasteiger partial charge in [-0.25, -0.2) is 0 Å². The molecule has 78 valence electrons. The van der Waals surface area contributed by atoms with Crippen LogP contribution in [0.1, 0.15) is 44.4 Å².